The van der Waals surface area contributed by atoms with Gasteiger partial charge in [-0.3, -0.25) is 9.59 Å². The number of benzene rings is 2. The molecule has 6 rings (SSSR count). The Morgan fingerprint density at radius 3 is 2.38 bits per heavy atom. The van der Waals surface area contributed by atoms with Gasteiger partial charge in [-0.2, -0.15) is 0 Å². The number of allylic oxidation sites excluding steroid dienone is 4. The van der Waals surface area contributed by atoms with E-state index in [9.17, 15) is 9.59 Å². The quantitative estimate of drug-likeness (QED) is 0.339. The fourth-order valence-corrected chi connectivity index (χ4v) is 8.39. The molecule has 0 amide bonds. The van der Waals surface area contributed by atoms with Crippen LogP contribution in [0.25, 0.3) is 0 Å². The monoisotopic (exact) mass is 534 g/mol. The van der Waals surface area contributed by atoms with Crippen molar-refractivity contribution in [3.8, 4) is 0 Å². The minimum absolute atomic E-state index is 0.190. The maximum Gasteiger partial charge on any atom is 0.166 e. The third kappa shape index (κ3) is 5.44. The first-order valence-corrected chi connectivity index (χ1v) is 15.9. The molecule has 40 heavy (non-hydrogen) atoms. The summed E-state index contributed by atoms with van der Waals surface area (Å²) in [6.07, 6.45) is 17.3. The Morgan fingerprint density at radius 2 is 1.60 bits per heavy atom. The average molecular weight is 535 g/mol. The van der Waals surface area contributed by atoms with Crippen LogP contribution in [0.15, 0.2) is 47.6 Å². The number of ketones is 2. The van der Waals surface area contributed by atoms with Crippen LogP contribution in [0.2, 0.25) is 0 Å². The molecule has 0 aromatic heterocycles. The highest BCUT2D eigenvalue weighted by molar-refractivity contribution is 6.03. The largest absolute Gasteiger partial charge is 0.294 e. The van der Waals surface area contributed by atoms with Crippen molar-refractivity contribution in [2.24, 2.45) is 23.7 Å². The van der Waals surface area contributed by atoms with Gasteiger partial charge in [0.25, 0.3) is 0 Å². The molecule has 0 aliphatic heterocycles. The Kier molecular flexibility index (Phi) is 7.73. The van der Waals surface area contributed by atoms with Gasteiger partial charge >= 0.3 is 0 Å². The molecule has 0 N–H and O–H groups in total. The fourth-order valence-electron chi connectivity index (χ4n) is 8.39. The lowest BCUT2D eigenvalue weighted by molar-refractivity contribution is -0.115. The number of fused-ring (bicyclic) bond motifs is 2. The van der Waals surface area contributed by atoms with Gasteiger partial charge in [-0.15, -0.1) is 0 Å². The molecule has 210 valence electrons. The van der Waals surface area contributed by atoms with E-state index >= 15 is 0 Å². The normalized spacial score (nSPS) is 23.3. The number of rotatable bonds is 8. The van der Waals surface area contributed by atoms with Crippen molar-refractivity contribution in [3.63, 3.8) is 0 Å². The predicted molar refractivity (Wildman–Crippen MR) is 164 cm³/mol. The van der Waals surface area contributed by atoms with Crippen LogP contribution in [0, 0.1) is 44.4 Å². The van der Waals surface area contributed by atoms with Gasteiger partial charge in [-0.1, -0.05) is 68.5 Å². The summed E-state index contributed by atoms with van der Waals surface area (Å²) >= 11 is 0. The van der Waals surface area contributed by atoms with Gasteiger partial charge < -0.3 is 0 Å². The molecule has 2 nitrogen and oxygen atoms in total. The van der Waals surface area contributed by atoms with Crippen molar-refractivity contribution in [3.05, 3.63) is 92.1 Å². The number of hydrogen-bond donors (Lipinski definition) is 0. The lowest BCUT2D eigenvalue weighted by atomic mass is 9.80. The first-order chi connectivity index (χ1) is 19.3. The first kappa shape index (κ1) is 27.4. The molecule has 0 radical (unpaired) electrons. The molecule has 4 aliphatic carbocycles. The van der Waals surface area contributed by atoms with E-state index < -0.39 is 0 Å². The zero-order chi connectivity index (χ0) is 28.0. The fraction of sp³-hybridized carbons (Fsp3) is 0.526. The summed E-state index contributed by atoms with van der Waals surface area (Å²) in [6.45, 7) is 8.96. The third-order valence-corrected chi connectivity index (χ3v) is 10.6. The molecule has 0 bridgehead atoms. The summed E-state index contributed by atoms with van der Waals surface area (Å²) < 4.78 is 0. The number of carbonyl (C=O) groups is 2. The molecule has 2 aromatic carbocycles. The number of aryl methyl sites for hydroxylation is 2. The Balaban J connectivity index is 1.17. The highest BCUT2D eigenvalue weighted by atomic mass is 16.1. The van der Waals surface area contributed by atoms with E-state index in [1.807, 2.05) is 0 Å². The van der Waals surface area contributed by atoms with Crippen LogP contribution >= 0.6 is 0 Å². The number of Topliss-reactive ketones (excluding diaryl/α,β-unsaturated/α-hetero) is 2. The summed E-state index contributed by atoms with van der Waals surface area (Å²) in [5.41, 5.74) is 12.8. The molecule has 1 saturated carbocycles. The standard InChI is InChI=1S/C38H46O2/c1-23-14-25(3)26(4)30(16-23)17-24(2)15-28-10-7-11-36(39)37(28)34-20-31-19-33-18-29(13-12-27-8-5-6-9-27)38(40)35(33)22-32(31)21-34/h7,10,14,16,19,22,24,27,29,34H,5-6,8-9,11-13,15,17-18,20-21H2,1-4H3. The zero-order valence-electron chi connectivity index (χ0n) is 25.1. The van der Waals surface area contributed by atoms with E-state index in [0.29, 0.717) is 23.9 Å². The Morgan fingerprint density at radius 1 is 0.850 bits per heavy atom. The second kappa shape index (κ2) is 11.3. The van der Waals surface area contributed by atoms with Crippen LogP contribution in [0.3, 0.4) is 0 Å². The molecule has 2 heteroatoms. The van der Waals surface area contributed by atoms with Crippen molar-refractivity contribution < 1.29 is 9.59 Å². The molecule has 0 spiro atoms. The topological polar surface area (TPSA) is 34.1 Å². The lowest BCUT2D eigenvalue weighted by Gasteiger charge is -2.23. The summed E-state index contributed by atoms with van der Waals surface area (Å²) in [7, 11) is 0. The Labute approximate surface area is 241 Å². The van der Waals surface area contributed by atoms with Gasteiger partial charge in [0.05, 0.1) is 0 Å². The van der Waals surface area contributed by atoms with Gasteiger partial charge in [-0.25, -0.2) is 0 Å². The van der Waals surface area contributed by atoms with Crippen molar-refractivity contribution in [1.29, 1.82) is 0 Å². The number of hydrogen-bond acceptors (Lipinski definition) is 2. The third-order valence-electron chi connectivity index (χ3n) is 10.6. The van der Waals surface area contributed by atoms with Gasteiger partial charge in [0.2, 0.25) is 0 Å². The van der Waals surface area contributed by atoms with Gasteiger partial charge in [0, 0.05) is 23.5 Å². The highest BCUT2D eigenvalue weighted by Crippen LogP contribution is 2.41. The second-order valence-corrected chi connectivity index (χ2v) is 13.7. The van der Waals surface area contributed by atoms with E-state index in [0.717, 1.165) is 55.6 Å². The van der Waals surface area contributed by atoms with Crippen LogP contribution < -0.4 is 0 Å². The minimum Gasteiger partial charge on any atom is -0.294 e. The Hall–Kier alpha value is -2.74. The second-order valence-electron chi connectivity index (χ2n) is 13.7. The molecule has 1 fully saturated rings. The zero-order valence-corrected chi connectivity index (χ0v) is 25.1. The summed E-state index contributed by atoms with van der Waals surface area (Å²) in [5, 5.41) is 0. The van der Waals surface area contributed by atoms with Crippen LogP contribution in [0.4, 0.5) is 0 Å². The highest BCUT2D eigenvalue weighted by Gasteiger charge is 2.36. The molecule has 0 saturated heterocycles. The maximum atomic E-state index is 13.4. The van der Waals surface area contributed by atoms with Crippen LogP contribution in [-0.2, 0) is 30.5 Å². The molecular weight excluding hydrogens is 488 g/mol. The molecular formula is C38H46O2. The van der Waals surface area contributed by atoms with Crippen molar-refractivity contribution in [2.45, 2.75) is 105 Å². The predicted octanol–water partition coefficient (Wildman–Crippen LogP) is 8.75. The van der Waals surface area contributed by atoms with Crippen LogP contribution in [-0.4, -0.2) is 11.6 Å². The first-order valence-electron chi connectivity index (χ1n) is 15.9. The van der Waals surface area contributed by atoms with E-state index in [1.165, 1.54) is 76.6 Å². The minimum atomic E-state index is 0.190. The summed E-state index contributed by atoms with van der Waals surface area (Å²) in [5.74, 6) is 2.43. The smallest absolute Gasteiger partial charge is 0.166 e. The van der Waals surface area contributed by atoms with Crippen LogP contribution in [0.5, 0.6) is 0 Å². The van der Waals surface area contributed by atoms with Crippen molar-refractivity contribution in [1.82, 2.24) is 0 Å². The molecule has 2 aromatic rings. The summed E-state index contributed by atoms with van der Waals surface area (Å²) in [6, 6.07) is 9.16. The van der Waals surface area contributed by atoms with Crippen LogP contribution in [0.1, 0.15) is 108 Å². The van der Waals surface area contributed by atoms with E-state index in [-0.39, 0.29) is 11.8 Å². The lowest BCUT2D eigenvalue weighted by Crippen LogP contribution is -2.19. The van der Waals surface area contributed by atoms with E-state index in [2.05, 4.69) is 64.1 Å². The Bertz CT molecular complexity index is 1400. The number of carbonyl (C=O) groups excluding carboxylic acids is 2. The molecule has 3 atom stereocenters. The van der Waals surface area contributed by atoms with Crippen molar-refractivity contribution >= 4 is 11.6 Å². The summed E-state index contributed by atoms with van der Waals surface area (Å²) in [4.78, 5) is 26.7. The van der Waals surface area contributed by atoms with Gasteiger partial charge in [0.1, 0.15) is 0 Å². The molecule has 0 heterocycles. The molecule has 3 unspecified atom stereocenters. The molecule has 4 aliphatic rings. The van der Waals surface area contributed by atoms with Gasteiger partial charge in [-0.05, 0) is 128 Å². The van der Waals surface area contributed by atoms with Crippen molar-refractivity contribution in [2.75, 3.05) is 0 Å². The average Bonchev–Trinajstić information content (AvgIpc) is 3.64. The van der Waals surface area contributed by atoms with E-state index in [1.54, 1.807) is 0 Å². The SMILES string of the molecule is Cc1cc(C)c(C)c(CC(C)CC2=C(C3Cc4cc5c(cc4C3)C(=O)C(CCC3CCCC3)C5)C(=O)CC=C2)c1. The maximum absolute atomic E-state index is 13.4. The van der Waals surface area contributed by atoms with Gasteiger partial charge in [0.15, 0.2) is 11.6 Å². The van der Waals surface area contributed by atoms with E-state index in [4.69, 9.17) is 0 Å².